The lowest BCUT2D eigenvalue weighted by atomic mass is 10.4. The molecule has 1 N–H and O–H groups in total. The maximum atomic E-state index is 13.1. The molecule has 0 aliphatic heterocycles. The molecule has 0 fully saturated rings. The van der Waals surface area contributed by atoms with Gasteiger partial charge in [-0.15, -0.1) is 0 Å². The third-order valence-corrected chi connectivity index (χ3v) is 7.91. The monoisotopic (exact) mass is 384 g/mol. The van der Waals surface area contributed by atoms with Gasteiger partial charge in [-0.1, -0.05) is 0 Å². The maximum absolute atomic E-state index is 13.1. The predicted octanol–water partition coefficient (Wildman–Crippen LogP) is 4.37. The van der Waals surface area contributed by atoms with Gasteiger partial charge in [0.05, 0.1) is 13.2 Å². The molecule has 0 aromatic rings. The summed E-state index contributed by atoms with van der Waals surface area (Å²) < 4.78 is 62.0. The molecular formula is C7H11Cl2F4O3PS2. The van der Waals surface area contributed by atoms with Crippen molar-refractivity contribution < 1.29 is 31.7 Å². The summed E-state index contributed by atoms with van der Waals surface area (Å²) in [5.74, 6) is 0. The highest BCUT2D eigenvalue weighted by Gasteiger charge is 2.69. The minimum atomic E-state index is -4.75. The van der Waals surface area contributed by atoms with Gasteiger partial charge in [0.1, 0.15) is 0 Å². The molecule has 0 heterocycles. The molecule has 0 saturated carbocycles. The van der Waals surface area contributed by atoms with Crippen LogP contribution in [0.4, 0.5) is 17.6 Å². The lowest BCUT2D eigenvalue weighted by molar-refractivity contribution is -0.159. The number of alkyl halides is 6. The van der Waals surface area contributed by atoms with Crippen molar-refractivity contribution in [2.75, 3.05) is 13.2 Å². The third kappa shape index (κ3) is 5.14. The molecule has 0 atom stereocenters. The zero-order valence-corrected chi connectivity index (χ0v) is 13.7. The van der Waals surface area contributed by atoms with E-state index in [2.05, 4.69) is 23.2 Å². The van der Waals surface area contributed by atoms with Crippen LogP contribution in [0.2, 0.25) is 0 Å². The van der Waals surface area contributed by atoms with Gasteiger partial charge in [-0.25, -0.2) is 0 Å². The summed E-state index contributed by atoms with van der Waals surface area (Å²) in [6.07, 6.45) is 0. The molecule has 0 bridgehead atoms. The first-order valence-electron chi connectivity index (χ1n) is 4.78. The molecule has 0 rings (SSSR count). The lowest BCUT2D eigenvalue weighted by Gasteiger charge is -2.36. The van der Waals surface area contributed by atoms with Gasteiger partial charge in [-0.2, -0.15) is 17.6 Å². The quantitative estimate of drug-likeness (QED) is 0.291. The second-order valence-corrected chi connectivity index (χ2v) is 10.3. The molecule has 0 spiro atoms. The Labute approximate surface area is 126 Å². The van der Waals surface area contributed by atoms with E-state index in [1.54, 1.807) is 0 Å². The average molecular weight is 385 g/mol. The summed E-state index contributed by atoms with van der Waals surface area (Å²) in [6.45, 7) is 2.75. The Bertz CT molecular complexity index is 326. The molecule has 0 saturated heterocycles. The van der Waals surface area contributed by atoms with E-state index in [1.165, 1.54) is 13.8 Å². The van der Waals surface area contributed by atoms with Gasteiger partial charge in [0.15, 0.2) is 0 Å². The minimum Gasteiger partial charge on any atom is -0.366 e. The van der Waals surface area contributed by atoms with E-state index in [9.17, 15) is 22.7 Å². The molecule has 116 valence electrons. The van der Waals surface area contributed by atoms with Gasteiger partial charge in [-0.3, -0.25) is 0 Å². The van der Waals surface area contributed by atoms with Gasteiger partial charge >= 0.3 is 10.8 Å². The summed E-state index contributed by atoms with van der Waals surface area (Å²) >= 11 is 13.3. The van der Waals surface area contributed by atoms with Crippen LogP contribution in [0.25, 0.3) is 0 Å². The normalized spacial score (nSPS) is 14.8. The number of hydrogen-bond acceptors (Lipinski definition) is 5. The SMILES string of the molecule is CCOP(=S)(OCC)SC(O)(C(F)(F)Cl)C(F)(F)Cl. The number of aliphatic hydroxyl groups is 1. The molecule has 0 aliphatic carbocycles. The molecule has 0 aliphatic rings. The number of halogens is 6. The first-order chi connectivity index (χ1) is 8.33. The fourth-order valence-corrected chi connectivity index (χ4v) is 7.23. The van der Waals surface area contributed by atoms with Crippen LogP contribution in [-0.2, 0) is 20.9 Å². The molecule has 0 aromatic heterocycles. The van der Waals surface area contributed by atoms with Crippen molar-refractivity contribution in [3.05, 3.63) is 0 Å². The fourth-order valence-electron chi connectivity index (χ4n) is 0.832. The van der Waals surface area contributed by atoms with Crippen molar-refractivity contribution in [3.8, 4) is 0 Å². The predicted molar refractivity (Wildman–Crippen MR) is 71.7 cm³/mol. The van der Waals surface area contributed by atoms with E-state index in [0.29, 0.717) is 0 Å². The van der Waals surface area contributed by atoms with Crippen LogP contribution < -0.4 is 0 Å². The zero-order chi connectivity index (χ0) is 15.5. The van der Waals surface area contributed by atoms with Gasteiger partial charge in [-0.05, 0) is 60.2 Å². The zero-order valence-electron chi connectivity index (χ0n) is 9.71. The highest BCUT2D eigenvalue weighted by atomic mass is 35.5. The highest BCUT2D eigenvalue weighted by molar-refractivity contribution is 8.68. The van der Waals surface area contributed by atoms with E-state index in [4.69, 9.17) is 20.9 Å². The first kappa shape index (κ1) is 20.2. The smallest absolute Gasteiger partial charge is 0.366 e. The third-order valence-electron chi connectivity index (χ3n) is 1.59. The Balaban J connectivity index is 5.51. The van der Waals surface area contributed by atoms with E-state index < -0.39 is 32.8 Å². The molecule has 0 aromatic carbocycles. The molecule has 12 heteroatoms. The topological polar surface area (TPSA) is 38.7 Å². The van der Waals surface area contributed by atoms with Crippen LogP contribution in [0.1, 0.15) is 13.8 Å². The summed E-state index contributed by atoms with van der Waals surface area (Å²) in [7, 11) is 0. The van der Waals surface area contributed by atoms with Crippen molar-refractivity contribution >= 4 is 52.1 Å². The maximum Gasteiger partial charge on any atom is 0.367 e. The Morgan fingerprint density at radius 3 is 1.63 bits per heavy atom. The van der Waals surface area contributed by atoms with Crippen LogP contribution in [0.3, 0.4) is 0 Å². The van der Waals surface area contributed by atoms with Gasteiger partial charge in [0.25, 0.3) is 10.6 Å². The number of rotatable bonds is 8. The fraction of sp³-hybridized carbons (Fsp3) is 1.00. The van der Waals surface area contributed by atoms with Crippen molar-refractivity contribution in [2.24, 2.45) is 0 Å². The van der Waals surface area contributed by atoms with E-state index in [0.717, 1.165) is 0 Å². The summed E-state index contributed by atoms with van der Waals surface area (Å²) in [6, 6.07) is 0. The second-order valence-electron chi connectivity index (χ2n) is 3.01. The Kier molecular flexibility index (Phi) is 7.39. The van der Waals surface area contributed by atoms with Crippen molar-refractivity contribution in [1.82, 2.24) is 0 Å². The minimum absolute atomic E-state index is 0.0813. The van der Waals surface area contributed by atoms with Gasteiger partial charge < -0.3 is 14.2 Å². The van der Waals surface area contributed by atoms with Gasteiger partial charge in [0.2, 0.25) is 0 Å². The average Bonchev–Trinajstić information content (AvgIpc) is 2.14. The Morgan fingerprint density at radius 2 is 1.42 bits per heavy atom. The summed E-state index contributed by atoms with van der Waals surface area (Å²) in [4.78, 5) is -4.16. The van der Waals surface area contributed by atoms with E-state index in [1.807, 2.05) is 0 Å². The molecule has 19 heavy (non-hydrogen) atoms. The number of hydrogen-bond donors (Lipinski definition) is 1. The van der Waals surface area contributed by atoms with Crippen LogP contribution in [0.15, 0.2) is 0 Å². The Morgan fingerprint density at radius 1 is 1.11 bits per heavy atom. The Hall–Kier alpha value is 1.18. The summed E-state index contributed by atoms with van der Waals surface area (Å²) in [5.41, 5.74) is -3.66. The first-order valence-corrected chi connectivity index (χ1v) is 9.60. The van der Waals surface area contributed by atoms with Crippen molar-refractivity contribution in [1.29, 1.82) is 0 Å². The standard InChI is InChI=1S/C7H11Cl2F4O3PS2/c1-3-15-17(18,16-4-2)19-5(14,6(8,10)11)7(9,12)13/h14H,3-4H2,1-2H3. The van der Waals surface area contributed by atoms with Crippen LogP contribution in [-0.4, -0.2) is 34.0 Å². The molecule has 0 radical (unpaired) electrons. The molecule has 3 nitrogen and oxygen atoms in total. The van der Waals surface area contributed by atoms with E-state index in [-0.39, 0.29) is 13.2 Å². The van der Waals surface area contributed by atoms with Crippen LogP contribution in [0, 0.1) is 0 Å². The van der Waals surface area contributed by atoms with Gasteiger partial charge in [0, 0.05) is 0 Å². The largest absolute Gasteiger partial charge is 0.367 e. The van der Waals surface area contributed by atoms with Crippen LogP contribution >= 0.6 is 40.3 Å². The lowest BCUT2D eigenvalue weighted by Crippen LogP contribution is -2.52. The highest BCUT2D eigenvalue weighted by Crippen LogP contribution is 2.70. The molecular weight excluding hydrogens is 374 g/mol. The molecule has 0 unspecified atom stereocenters. The second kappa shape index (κ2) is 6.96. The van der Waals surface area contributed by atoms with Crippen molar-refractivity contribution in [2.45, 2.75) is 29.5 Å². The van der Waals surface area contributed by atoms with Crippen molar-refractivity contribution in [3.63, 3.8) is 0 Å². The summed E-state index contributed by atoms with van der Waals surface area (Å²) in [5, 5.41) is -0.0243. The molecule has 0 amide bonds. The van der Waals surface area contributed by atoms with E-state index >= 15 is 0 Å². The van der Waals surface area contributed by atoms with Crippen LogP contribution in [0.5, 0.6) is 0 Å².